The van der Waals surface area contributed by atoms with E-state index in [0.29, 0.717) is 11.1 Å². The van der Waals surface area contributed by atoms with Crippen LogP contribution >= 0.6 is 0 Å². The van der Waals surface area contributed by atoms with E-state index < -0.39 is 0 Å². The van der Waals surface area contributed by atoms with Gasteiger partial charge in [0.15, 0.2) is 0 Å². The van der Waals surface area contributed by atoms with Crippen LogP contribution in [-0.4, -0.2) is 22.8 Å². The van der Waals surface area contributed by atoms with Gasteiger partial charge in [-0.3, -0.25) is 4.79 Å². The molecule has 0 fully saturated rings. The number of aryl methyl sites for hydroxylation is 2. The number of nitrogens with zero attached hydrogens (tertiary/aromatic N) is 1. The first-order valence-corrected chi connectivity index (χ1v) is 7.55. The van der Waals surface area contributed by atoms with Crippen LogP contribution in [0.4, 0.5) is 4.39 Å². The monoisotopic (exact) mass is 310 g/mol. The van der Waals surface area contributed by atoms with Crippen molar-refractivity contribution in [3.8, 4) is 0 Å². The molecule has 0 saturated carbocycles. The summed E-state index contributed by atoms with van der Waals surface area (Å²) in [6.45, 7) is 4.29. The van der Waals surface area contributed by atoms with E-state index in [1.54, 1.807) is 31.3 Å². The number of hydrogen-bond donors (Lipinski definition) is 1. The summed E-state index contributed by atoms with van der Waals surface area (Å²) in [6.07, 6.45) is 0. The first-order chi connectivity index (χ1) is 11.0. The molecular weight excluding hydrogens is 291 g/mol. The molecule has 0 aliphatic heterocycles. The molecule has 1 aromatic heterocycles. The van der Waals surface area contributed by atoms with Crippen LogP contribution in [0.25, 0.3) is 10.9 Å². The van der Waals surface area contributed by atoms with E-state index in [4.69, 9.17) is 0 Å². The zero-order chi connectivity index (χ0) is 16.6. The summed E-state index contributed by atoms with van der Waals surface area (Å²) in [5.41, 5.74) is 4.39. The minimum Gasteiger partial charge on any atom is -0.358 e. The molecule has 0 aliphatic rings. The van der Waals surface area contributed by atoms with E-state index in [1.165, 1.54) is 11.0 Å². The summed E-state index contributed by atoms with van der Waals surface area (Å²) in [4.78, 5) is 17.4. The van der Waals surface area contributed by atoms with Crippen molar-refractivity contribution >= 4 is 16.8 Å². The van der Waals surface area contributed by atoms with Gasteiger partial charge in [-0.2, -0.15) is 0 Å². The summed E-state index contributed by atoms with van der Waals surface area (Å²) in [7, 11) is 1.69. The molecule has 0 atom stereocenters. The fourth-order valence-electron chi connectivity index (χ4n) is 2.77. The van der Waals surface area contributed by atoms with Gasteiger partial charge in [-0.1, -0.05) is 18.2 Å². The van der Waals surface area contributed by atoms with Gasteiger partial charge in [-0.05, 0) is 43.7 Å². The Balaban J connectivity index is 1.87. The van der Waals surface area contributed by atoms with E-state index in [2.05, 4.69) is 4.98 Å². The summed E-state index contributed by atoms with van der Waals surface area (Å²) in [6, 6.07) is 12.1. The van der Waals surface area contributed by atoms with Gasteiger partial charge >= 0.3 is 0 Å². The van der Waals surface area contributed by atoms with Gasteiger partial charge in [-0.15, -0.1) is 0 Å². The van der Waals surface area contributed by atoms with Crippen LogP contribution < -0.4 is 0 Å². The number of rotatable bonds is 3. The smallest absolute Gasteiger partial charge is 0.253 e. The topological polar surface area (TPSA) is 36.1 Å². The lowest BCUT2D eigenvalue weighted by molar-refractivity contribution is 0.0784. The first-order valence-electron chi connectivity index (χ1n) is 7.55. The maximum Gasteiger partial charge on any atom is 0.253 e. The summed E-state index contributed by atoms with van der Waals surface area (Å²) < 4.78 is 13.7. The Morgan fingerprint density at radius 3 is 2.65 bits per heavy atom. The molecule has 23 heavy (non-hydrogen) atoms. The van der Waals surface area contributed by atoms with Gasteiger partial charge in [0.2, 0.25) is 0 Å². The molecule has 0 saturated heterocycles. The van der Waals surface area contributed by atoms with Crippen molar-refractivity contribution in [3.63, 3.8) is 0 Å². The van der Waals surface area contributed by atoms with Crippen molar-refractivity contribution in [2.75, 3.05) is 7.05 Å². The number of fused-ring (bicyclic) bond motifs is 1. The lowest BCUT2D eigenvalue weighted by Gasteiger charge is -2.18. The summed E-state index contributed by atoms with van der Waals surface area (Å²) >= 11 is 0. The van der Waals surface area contributed by atoms with Gasteiger partial charge < -0.3 is 9.88 Å². The van der Waals surface area contributed by atoms with Crippen molar-refractivity contribution < 1.29 is 9.18 Å². The Morgan fingerprint density at radius 2 is 1.91 bits per heavy atom. The predicted molar refractivity (Wildman–Crippen MR) is 90.0 cm³/mol. The van der Waals surface area contributed by atoms with Crippen LogP contribution in [0.5, 0.6) is 0 Å². The Hall–Kier alpha value is -2.62. The average molecular weight is 310 g/mol. The van der Waals surface area contributed by atoms with Crippen LogP contribution in [0.1, 0.15) is 27.2 Å². The molecule has 3 rings (SSSR count). The second kappa shape index (κ2) is 5.88. The van der Waals surface area contributed by atoms with Gasteiger partial charge in [-0.25, -0.2) is 4.39 Å². The zero-order valence-electron chi connectivity index (χ0n) is 13.5. The number of aromatic nitrogens is 1. The number of H-pyrrole nitrogens is 1. The molecule has 3 aromatic rings. The van der Waals surface area contributed by atoms with E-state index >= 15 is 0 Å². The fourth-order valence-corrected chi connectivity index (χ4v) is 2.77. The van der Waals surface area contributed by atoms with E-state index in [9.17, 15) is 9.18 Å². The largest absolute Gasteiger partial charge is 0.358 e. The highest BCUT2D eigenvalue weighted by atomic mass is 19.1. The Bertz CT molecular complexity index is 882. The van der Waals surface area contributed by atoms with Gasteiger partial charge in [0.1, 0.15) is 5.82 Å². The quantitative estimate of drug-likeness (QED) is 0.773. The third kappa shape index (κ3) is 2.84. The summed E-state index contributed by atoms with van der Waals surface area (Å²) in [5.74, 6) is -0.409. The van der Waals surface area contributed by atoms with Crippen molar-refractivity contribution in [3.05, 3.63) is 70.7 Å². The minimum atomic E-state index is -0.292. The van der Waals surface area contributed by atoms with Gasteiger partial charge in [0.25, 0.3) is 5.91 Å². The second-order valence-electron chi connectivity index (χ2n) is 5.89. The van der Waals surface area contributed by atoms with Crippen molar-refractivity contribution in [2.24, 2.45) is 0 Å². The van der Waals surface area contributed by atoms with E-state index in [0.717, 1.165) is 22.2 Å². The molecule has 0 aliphatic carbocycles. The Kier molecular flexibility index (Phi) is 3.90. The SMILES string of the molecule is Cc1[nH]c2ccc(C(=O)N(C)Cc3ccccc3F)cc2c1C. The molecule has 0 spiro atoms. The molecule has 2 aromatic carbocycles. The predicted octanol–water partition coefficient (Wildman–Crippen LogP) is 4.20. The van der Waals surface area contributed by atoms with E-state index in [1.807, 2.05) is 26.0 Å². The number of carbonyl (C=O) groups excluding carboxylic acids is 1. The molecule has 0 unspecified atom stereocenters. The molecule has 0 radical (unpaired) electrons. The molecule has 0 bridgehead atoms. The number of aromatic amines is 1. The highest BCUT2D eigenvalue weighted by Crippen LogP contribution is 2.23. The molecule has 4 heteroatoms. The third-order valence-electron chi connectivity index (χ3n) is 4.27. The average Bonchev–Trinajstić information content (AvgIpc) is 2.83. The van der Waals surface area contributed by atoms with Crippen LogP contribution in [0.3, 0.4) is 0 Å². The first kappa shape index (κ1) is 15.3. The lowest BCUT2D eigenvalue weighted by Crippen LogP contribution is -2.26. The molecular formula is C19H19FN2O. The molecule has 3 nitrogen and oxygen atoms in total. The molecule has 118 valence electrons. The van der Waals surface area contributed by atoms with Gasteiger partial charge in [0.05, 0.1) is 0 Å². The number of hydrogen-bond acceptors (Lipinski definition) is 1. The maximum absolute atomic E-state index is 13.7. The summed E-state index contributed by atoms with van der Waals surface area (Å²) in [5, 5.41) is 1.05. The maximum atomic E-state index is 13.7. The highest BCUT2D eigenvalue weighted by Gasteiger charge is 2.15. The van der Waals surface area contributed by atoms with Crippen LogP contribution in [0, 0.1) is 19.7 Å². The van der Waals surface area contributed by atoms with Crippen molar-refractivity contribution in [1.82, 2.24) is 9.88 Å². The Labute approximate surface area is 134 Å². The second-order valence-corrected chi connectivity index (χ2v) is 5.89. The molecule has 1 amide bonds. The van der Waals surface area contributed by atoms with E-state index in [-0.39, 0.29) is 18.3 Å². The number of halogens is 1. The highest BCUT2D eigenvalue weighted by molar-refractivity contribution is 5.98. The van der Waals surface area contributed by atoms with Crippen LogP contribution in [0.2, 0.25) is 0 Å². The van der Waals surface area contributed by atoms with Gasteiger partial charge in [0, 0.05) is 41.3 Å². The van der Waals surface area contributed by atoms with Crippen LogP contribution in [0.15, 0.2) is 42.5 Å². The molecule has 1 N–H and O–H groups in total. The fraction of sp³-hybridized carbons (Fsp3) is 0.211. The number of carbonyl (C=O) groups is 1. The zero-order valence-corrected chi connectivity index (χ0v) is 13.5. The minimum absolute atomic E-state index is 0.117. The van der Waals surface area contributed by atoms with Crippen molar-refractivity contribution in [1.29, 1.82) is 0 Å². The normalized spacial score (nSPS) is 11.0. The lowest BCUT2D eigenvalue weighted by atomic mass is 10.1. The van der Waals surface area contributed by atoms with Crippen LogP contribution in [-0.2, 0) is 6.54 Å². The third-order valence-corrected chi connectivity index (χ3v) is 4.27. The number of amides is 1. The number of benzene rings is 2. The van der Waals surface area contributed by atoms with Crippen molar-refractivity contribution in [2.45, 2.75) is 20.4 Å². The Morgan fingerprint density at radius 1 is 1.17 bits per heavy atom. The molecule has 1 heterocycles. The standard InChI is InChI=1S/C19H19FN2O/c1-12-13(2)21-18-9-8-14(10-16(12)18)19(23)22(3)11-15-6-4-5-7-17(15)20/h4-10,21H,11H2,1-3H3. The number of nitrogens with one attached hydrogen (secondary N) is 1.